The number of hydrogen-bond acceptors (Lipinski definition) is 9. The smallest absolute Gasteiger partial charge is 0.312 e. The molecule has 0 radical (unpaired) electrons. The molecule has 13 heteroatoms. The fourth-order valence-electron chi connectivity index (χ4n) is 2.80. The van der Waals surface area contributed by atoms with Crippen LogP contribution in [-0.4, -0.2) is 47.5 Å². The number of aromatic nitrogens is 4. The molecule has 11 nitrogen and oxygen atoms in total. The number of nitrogens with one attached hydrogen (secondary N) is 1. The summed E-state index contributed by atoms with van der Waals surface area (Å²) >= 11 is 6.13. The summed E-state index contributed by atoms with van der Waals surface area (Å²) in [5.74, 6) is 1.31. The molecule has 0 amide bonds. The second kappa shape index (κ2) is 8.36. The summed E-state index contributed by atoms with van der Waals surface area (Å²) in [6, 6.07) is 6.71. The van der Waals surface area contributed by atoms with E-state index in [2.05, 4.69) is 25.3 Å². The summed E-state index contributed by atoms with van der Waals surface area (Å²) in [6.07, 6.45) is 3.05. The van der Waals surface area contributed by atoms with Crippen molar-refractivity contribution in [3.63, 3.8) is 0 Å². The van der Waals surface area contributed by atoms with Crippen LogP contribution in [0.15, 0.2) is 36.7 Å². The topological polar surface area (TPSA) is 156 Å². The summed E-state index contributed by atoms with van der Waals surface area (Å²) in [5, 5.41) is 9.67. The molecule has 0 spiro atoms. The van der Waals surface area contributed by atoms with E-state index in [1.54, 1.807) is 25.3 Å². The molecule has 158 valence electrons. The minimum atomic E-state index is -4.13. The first-order chi connectivity index (χ1) is 14.1. The number of hydrazine groups is 1. The van der Waals surface area contributed by atoms with Gasteiger partial charge >= 0.3 is 10.2 Å². The summed E-state index contributed by atoms with van der Waals surface area (Å²) in [6.45, 7) is 1.74. The van der Waals surface area contributed by atoms with Crippen LogP contribution in [0.3, 0.4) is 0 Å². The number of halogens is 1. The molecule has 0 aliphatic carbocycles. The van der Waals surface area contributed by atoms with Crippen LogP contribution in [-0.2, 0) is 10.2 Å². The van der Waals surface area contributed by atoms with E-state index in [9.17, 15) is 8.42 Å². The van der Waals surface area contributed by atoms with Gasteiger partial charge in [-0.15, -0.1) is 0 Å². The zero-order valence-corrected chi connectivity index (χ0v) is 18.0. The summed E-state index contributed by atoms with van der Waals surface area (Å²) in [7, 11) is -1.10. The molecule has 3 heterocycles. The van der Waals surface area contributed by atoms with Crippen molar-refractivity contribution in [2.24, 2.45) is 5.14 Å². The lowest BCUT2D eigenvalue weighted by molar-refractivity contribution is 0.425. The zero-order valence-electron chi connectivity index (χ0n) is 16.4. The maximum Gasteiger partial charge on any atom is 0.312 e. The van der Waals surface area contributed by atoms with Crippen LogP contribution < -0.4 is 20.6 Å². The Hall–Kier alpha value is -3.06. The van der Waals surface area contributed by atoms with Gasteiger partial charge in [0.2, 0.25) is 0 Å². The highest BCUT2D eigenvalue weighted by atomic mass is 35.5. The van der Waals surface area contributed by atoms with Crippen LogP contribution in [0.2, 0.25) is 5.15 Å². The van der Waals surface area contributed by atoms with Gasteiger partial charge in [0.15, 0.2) is 5.15 Å². The van der Waals surface area contributed by atoms with Crippen LogP contribution in [0, 0.1) is 6.92 Å². The van der Waals surface area contributed by atoms with Crippen molar-refractivity contribution < 1.29 is 8.42 Å². The zero-order chi connectivity index (χ0) is 22.1. The predicted molar refractivity (Wildman–Crippen MR) is 116 cm³/mol. The Balaban J connectivity index is 2.05. The third-order valence-electron chi connectivity index (χ3n) is 3.84. The van der Waals surface area contributed by atoms with Gasteiger partial charge in [0, 0.05) is 31.9 Å². The van der Waals surface area contributed by atoms with E-state index in [0.717, 1.165) is 4.41 Å². The first-order valence-corrected chi connectivity index (χ1v) is 10.4. The Labute approximate surface area is 178 Å². The average Bonchev–Trinajstić information content (AvgIpc) is 2.62. The van der Waals surface area contributed by atoms with Crippen LogP contribution >= 0.6 is 11.6 Å². The number of anilines is 4. The maximum absolute atomic E-state index is 12.0. The Morgan fingerprint density at radius 2 is 1.90 bits per heavy atom. The maximum atomic E-state index is 12.0. The van der Waals surface area contributed by atoms with Gasteiger partial charge in [-0.2, -0.15) is 12.8 Å². The molecule has 0 fully saturated rings. The normalized spacial score (nSPS) is 11.5. The summed E-state index contributed by atoms with van der Waals surface area (Å²) < 4.78 is 24.9. The lowest BCUT2D eigenvalue weighted by atomic mass is 10.1. The van der Waals surface area contributed by atoms with Crippen molar-refractivity contribution in [2.45, 2.75) is 6.92 Å². The second-order valence-corrected chi connectivity index (χ2v) is 8.15. The lowest BCUT2D eigenvalue weighted by Gasteiger charge is -2.28. The van der Waals surface area contributed by atoms with E-state index in [1.165, 1.54) is 31.4 Å². The van der Waals surface area contributed by atoms with Crippen LogP contribution in [0.1, 0.15) is 5.82 Å². The molecule has 0 atom stereocenters. The van der Waals surface area contributed by atoms with Crippen LogP contribution in [0.4, 0.5) is 23.0 Å². The number of rotatable bonds is 6. The number of hydrogen-bond donors (Lipinski definition) is 3. The van der Waals surface area contributed by atoms with Crippen molar-refractivity contribution in [1.82, 2.24) is 24.9 Å². The third-order valence-corrected chi connectivity index (χ3v) is 5.13. The highest BCUT2D eigenvalue weighted by Crippen LogP contribution is 2.32. The van der Waals surface area contributed by atoms with E-state index >= 15 is 0 Å². The Bertz CT molecular complexity index is 1170. The van der Waals surface area contributed by atoms with E-state index in [4.69, 9.17) is 22.5 Å². The van der Waals surface area contributed by atoms with Gasteiger partial charge in [0.05, 0.1) is 17.6 Å². The average molecular weight is 450 g/mol. The standard InChI is InChI=1S/C17H20ClN9O2S/c1-10-23-13(8-15(19)24-10)12-5-4-6-21-17(12)25-11-7-14(16(18)22-9-11)27(26(2)3)30(20,28)29/h4-9H,1-3H3,(H,21,25)(H2,19,23,24)(H2,20,28,29). The minimum absolute atomic E-state index is 0.0382. The Kier molecular flexibility index (Phi) is 6.03. The molecule has 0 aliphatic rings. The highest BCUT2D eigenvalue weighted by molar-refractivity contribution is 7.90. The van der Waals surface area contributed by atoms with Gasteiger partial charge in [-0.1, -0.05) is 11.6 Å². The molecular formula is C17H20ClN9O2S. The van der Waals surface area contributed by atoms with Crippen molar-refractivity contribution in [3.8, 4) is 11.3 Å². The van der Waals surface area contributed by atoms with Crippen molar-refractivity contribution >= 4 is 44.8 Å². The molecule has 0 aliphatic heterocycles. The van der Waals surface area contributed by atoms with Gasteiger partial charge in [0.1, 0.15) is 23.1 Å². The van der Waals surface area contributed by atoms with Gasteiger partial charge in [0.25, 0.3) is 0 Å². The van der Waals surface area contributed by atoms with Gasteiger partial charge in [-0.25, -0.2) is 30.1 Å². The molecule has 0 saturated heterocycles. The predicted octanol–water partition coefficient (Wildman–Crippen LogP) is 1.71. The minimum Gasteiger partial charge on any atom is -0.384 e. The number of aryl methyl sites for hydroxylation is 1. The van der Waals surface area contributed by atoms with E-state index in [1.807, 2.05) is 6.07 Å². The SMILES string of the molecule is Cc1nc(N)cc(-c2cccnc2Nc2cnc(Cl)c(N(N(C)C)S(N)(=O)=O)c2)n1. The van der Waals surface area contributed by atoms with Crippen molar-refractivity contribution in [1.29, 1.82) is 0 Å². The molecule has 0 bridgehead atoms. The van der Waals surface area contributed by atoms with Crippen molar-refractivity contribution in [3.05, 3.63) is 47.6 Å². The molecule has 30 heavy (non-hydrogen) atoms. The molecular weight excluding hydrogens is 430 g/mol. The molecule has 0 saturated carbocycles. The summed E-state index contributed by atoms with van der Waals surface area (Å²) in [4.78, 5) is 16.9. The number of pyridine rings is 2. The number of nitrogens with zero attached hydrogens (tertiary/aromatic N) is 6. The molecule has 3 aromatic heterocycles. The molecule has 0 unspecified atom stereocenters. The summed E-state index contributed by atoms with van der Waals surface area (Å²) in [5.41, 5.74) is 7.60. The van der Waals surface area contributed by atoms with Gasteiger partial charge in [-0.3, -0.25) is 0 Å². The first-order valence-electron chi connectivity index (χ1n) is 8.55. The highest BCUT2D eigenvalue weighted by Gasteiger charge is 2.24. The Morgan fingerprint density at radius 3 is 2.53 bits per heavy atom. The third kappa shape index (κ3) is 4.74. The quantitative estimate of drug-likeness (QED) is 0.376. The number of nitrogens with two attached hydrogens (primary N) is 2. The first kappa shape index (κ1) is 21.6. The lowest BCUT2D eigenvalue weighted by Crippen LogP contribution is -2.46. The van der Waals surface area contributed by atoms with Gasteiger partial charge < -0.3 is 11.1 Å². The van der Waals surface area contributed by atoms with Crippen molar-refractivity contribution in [2.75, 3.05) is 29.6 Å². The molecule has 5 N–H and O–H groups in total. The Morgan fingerprint density at radius 1 is 1.17 bits per heavy atom. The van der Waals surface area contributed by atoms with Crippen LogP contribution in [0.25, 0.3) is 11.3 Å². The largest absolute Gasteiger partial charge is 0.384 e. The second-order valence-electron chi connectivity index (χ2n) is 6.42. The number of nitrogen functional groups attached to an aromatic ring is 1. The molecule has 3 aromatic rings. The van der Waals surface area contributed by atoms with Crippen LogP contribution in [0.5, 0.6) is 0 Å². The van der Waals surface area contributed by atoms with E-state index in [-0.39, 0.29) is 10.8 Å². The fraction of sp³-hybridized carbons (Fsp3) is 0.176. The monoisotopic (exact) mass is 449 g/mol. The van der Waals surface area contributed by atoms with E-state index in [0.29, 0.717) is 34.4 Å². The van der Waals surface area contributed by atoms with Gasteiger partial charge in [-0.05, 0) is 25.1 Å². The molecule has 0 aromatic carbocycles. The molecule has 3 rings (SSSR count). The van der Waals surface area contributed by atoms with E-state index < -0.39 is 10.2 Å². The fourth-order valence-corrected chi connectivity index (χ4v) is 3.90.